The molecule has 110 valence electrons. The van der Waals surface area contributed by atoms with Crippen LogP contribution in [0.3, 0.4) is 0 Å². The predicted molar refractivity (Wildman–Crippen MR) is 78.7 cm³/mol. The highest BCUT2D eigenvalue weighted by Crippen LogP contribution is 2.26. The fraction of sp³-hybridized carbons (Fsp3) is 0.231. The Hall–Kier alpha value is -2.59. The molecule has 0 saturated heterocycles. The molecule has 1 aromatic rings. The van der Waals surface area contributed by atoms with Crippen LogP contribution < -0.4 is 10.6 Å². The van der Waals surface area contributed by atoms with E-state index in [0.717, 1.165) is 12.6 Å². The molecule has 0 bridgehead atoms. The molecule has 0 unspecified atom stereocenters. The van der Waals surface area contributed by atoms with Crippen molar-refractivity contribution < 1.29 is 9.72 Å². The van der Waals surface area contributed by atoms with Gasteiger partial charge >= 0.3 is 0 Å². The molecule has 7 nitrogen and oxygen atoms in total. The summed E-state index contributed by atoms with van der Waals surface area (Å²) in [4.78, 5) is 21.8. The molecule has 21 heavy (non-hydrogen) atoms. The third-order valence-electron chi connectivity index (χ3n) is 2.43. The molecule has 0 aromatic heterocycles. The minimum Gasteiger partial charge on any atom is -0.359 e. The van der Waals surface area contributed by atoms with E-state index < -0.39 is 10.8 Å². The molecule has 0 atom stereocenters. The van der Waals surface area contributed by atoms with E-state index in [-0.39, 0.29) is 22.0 Å². The van der Waals surface area contributed by atoms with Gasteiger partial charge in [0.25, 0.3) is 11.6 Å². The second-order valence-electron chi connectivity index (χ2n) is 3.99. The van der Waals surface area contributed by atoms with Gasteiger partial charge in [-0.1, -0.05) is 18.5 Å². The maximum Gasteiger partial charge on any atom is 0.271 e. The summed E-state index contributed by atoms with van der Waals surface area (Å²) < 4.78 is 0. The van der Waals surface area contributed by atoms with Crippen LogP contribution in [0.5, 0.6) is 0 Å². The number of carbonyl (C=O) groups is 1. The third kappa shape index (κ3) is 4.78. The van der Waals surface area contributed by atoms with Crippen molar-refractivity contribution in [3.05, 3.63) is 45.1 Å². The van der Waals surface area contributed by atoms with Crippen molar-refractivity contribution in [2.75, 3.05) is 11.9 Å². The topological polar surface area (TPSA) is 108 Å². The fourth-order valence-corrected chi connectivity index (χ4v) is 1.54. The van der Waals surface area contributed by atoms with Crippen molar-refractivity contribution in [1.82, 2.24) is 5.32 Å². The number of non-ortho nitro benzene ring substituents is 1. The van der Waals surface area contributed by atoms with Crippen molar-refractivity contribution in [2.45, 2.75) is 13.3 Å². The van der Waals surface area contributed by atoms with E-state index in [2.05, 4.69) is 10.6 Å². The monoisotopic (exact) mass is 308 g/mol. The zero-order valence-corrected chi connectivity index (χ0v) is 12.0. The molecule has 1 amide bonds. The van der Waals surface area contributed by atoms with Crippen LogP contribution in [0.4, 0.5) is 11.4 Å². The van der Waals surface area contributed by atoms with E-state index >= 15 is 0 Å². The number of hydrogen-bond donors (Lipinski definition) is 2. The van der Waals surface area contributed by atoms with Crippen molar-refractivity contribution in [3.8, 4) is 6.07 Å². The van der Waals surface area contributed by atoms with E-state index in [1.807, 2.05) is 6.92 Å². The van der Waals surface area contributed by atoms with Crippen LogP contribution in [0, 0.1) is 21.4 Å². The van der Waals surface area contributed by atoms with Gasteiger partial charge in [0.1, 0.15) is 11.6 Å². The molecular weight excluding hydrogens is 296 g/mol. The predicted octanol–water partition coefficient (Wildman–Crippen LogP) is 2.59. The number of hydrogen-bond acceptors (Lipinski definition) is 5. The van der Waals surface area contributed by atoms with E-state index in [0.29, 0.717) is 6.54 Å². The molecule has 0 aliphatic heterocycles. The summed E-state index contributed by atoms with van der Waals surface area (Å²) >= 11 is 5.89. The molecule has 2 N–H and O–H groups in total. The molecule has 0 fully saturated rings. The van der Waals surface area contributed by atoms with Gasteiger partial charge in [-0.3, -0.25) is 14.9 Å². The number of amides is 1. The number of nitro groups is 1. The van der Waals surface area contributed by atoms with Gasteiger partial charge in [0.15, 0.2) is 0 Å². The Labute approximate surface area is 126 Å². The van der Waals surface area contributed by atoms with Crippen LogP contribution in [0.25, 0.3) is 0 Å². The first-order valence-electron chi connectivity index (χ1n) is 6.08. The van der Waals surface area contributed by atoms with Crippen LogP contribution in [-0.4, -0.2) is 17.4 Å². The smallest absolute Gasteiger partial charge is 0.271 e. The summed E-state index contributed by atoms with van der Waals surface area (Å²) in [5, 5.41) is 25.0. The molecule has 0 spiro atoms. The summed E-state index contributed by atoms with van der Waals surface area (Å²) in [6.45, 7) is 2.34. The zero-order valence-electron chi connectivity index (χ0n) is 11.2. The SMILES string of the molecule is CCCNC(=O)/C(C#N)=C\Nc1cc([N+](=O)[O-])ccc1Cl. The van der Waals surface area contributed by atoms with Crippen molar-refractivity contribution in [2.24, 2.45) is 0 Å². The highest BCUT2D eigenvalue weighted by molar-refractivity contribution is 6.33. The third-order valence-corrected chi connectivity index (χ3v) is 2.76. The molecule has 0 aliphatic carbocycles. The lowest BCUT2D eigenvalue weighted by Crippen LogP contribution is -2.25. The zero-order chi connectivity index (χ0) is 15.8. The fourth-order valence-electron chi connectivity index (χ4n) is 1.37. The molecule has 1 aromatic carbocycles. The lowest BCUT2D eigenvalue weighted by atomic mass is 10.2. The highest BCUT2D eigenvalue weighted by atomic mass is 35.5. The van der Waals surface area contributed by atoms with E-state index in [4.69, 9.17) is 16.9 Å². The van der Waals surface area contributed by atoms with Gasteiger partial charge in [0.2, 0.25) is 0 Å². The lowest BCUT2D eigenvalue weighted by Gasteiger charge is -2.05. The molecule has 8 heteroatoms. The average Bonchev–Trinajstić information content (AvgIpc) is 2.47. The number of nitrogens with zero attached hydrogens (tertiary/aromatic N) is 2. The summed E-state index contributed by atoms with van der Waals surface area (Å²) in [6, 6.07) is 5.59. The standard InChI is InChI=1S/C13H13ClN4O3/c1-2-5-16-13(19)9(7-15)8-17-12-6-10(18(20)21)3-4-11(12)14/h3-4,6,8,17H,2,5H2,1H3,(H,16,19)/b9-8-. The van der Waals surface area contributed by atoms with Gasteiger partial charge in [-0.15, -0.1) is 0 Å². The van der Waals surface area contributed by atoms with Crippen molar-refractivity contribution in [1.29, 1.82) is 5.26 Å². The Morgan fingerprint density at radius 3 is 2.86 bits per heavy atom. The average molecular weight is 309 g/mol. The minimum atomic E-state index is -0.565. The Morgan fingerprint density at radius 2 is 2.29 bits per heavy atom. The molecule has 0 heterocycles. The van der Waals surface area contributed by atoms with Crippen molar-refractivity contribution >= 4 is 28.9 Å². The molecular formula is C13H13ClN4O3. The summed E-state index contributed by atoms with van der Waals surface area (Å²) in [7, 11) is 0. The van der Waals surface area contributed by atoms with Crippen LogP contribution >= 0.6 is 11.6 Å². The molecule has 1 rings (SSSR count). The maximum absolute atomic E-state index is 11.6. The number of nitrogens with one attached hydrogen (secondary N) is 2. The number of nitriles is 1. The summed E-state index contributed by atoms with van der Waals surface area (Å²) in [6.07, 6.45) is 1.91. The van der Waals surface area contributed by atoms with Crippen LogP contribution in [0.1, 0.15) is 13.3 Å². The van der Waals surface area contributed by atoms with Crippen LogP contribution in [-0.2, 0) is 4.79 Å². The molecule has 0 radical (unpaired) electrons. The first-order chi connectivity index (χ1) is 9.99. The Balaban J connectivity index is 2.91. The highest BCUT2D eigenvalue weighted by Gasteiger charge is 2.11. The number of anilines is 1. The van der Waals surface area contributed by atoms with Gasteiger partial charge < -0.3 is 10.6 Å². The lowest BCUT2D eigenvalue weighted by molar-refractivity contribution is -0.384. The number of carbonyl (C=O) groups excluding carboxylic acids is 1. The quantitative estimate of drug-likeness (QED) is 0.363. The molecule has 0 saturated carbocycles. The second-order valence-corrected chi connectivity index (χ2v) is 4.40. The normalized spacial score (nSPS) is 10.6. The number of benzene rings is 1. The first-order valence-corrected chi connectivity index (χ1v) is 6.46. The van der Waals surface area contributed by atoms with Gasteiger partial charge in [-0.25, -0.2) is 0 Å². The van der Waals surface area contributed by atoms with E-state index in [1.54, 1.807) is 6.07 Å². The van der Waals surface area contributed by atoms with Crippen LogP contribution in [0.15, 0.2) is 30.0 Å². The van der Waals surface area contributed by atoms with E-state index in [1.165, 1.54) is 18.2 Å². The maximum atomic E-state index is 11.6. The number of halogens is 1. The summed E-state index contributed by atoms with van der Waals surface area (Å²) in [5.74, 6) is -0.520. The minimum absolute atomic E-state index is 0.147. The van der Waals surface area contributed by atoms with Gasteiger partial charge in [0, 0.05) is 24.9 Å². The van der Waals surface area contributed by atoms with Crippen LogP contribution in [0.2, 0.25) is 5.02 Å². The first kappa shape index (κ1) is 16.5. The largest absolute Gasteiger partial charge is 0.359 e. The van der Waals surface area contributed by atoms with Crippen molar-refractivity contribution in [3.63, 3.8) is 0 Å². The van der Waals surface area contributed by atoms with E-state index in [9.17, 15) is 14.9 Å². The van der Waals surface area contributed by atoms with Gasteiger partial charge in [0.05, 0.1) is 15.6 Å². The van der Waals surface area contributed by atoms with Gasteiger partial charge in [-0.05, 0) is 12.5 Å². The molecule has 0 aliphatic rings. The number of rotatable bonds is 6. The van der Waals surface area contributed by atoms with Gasteiger partial charge in [-0.2, -0.15) is 5.26 Å². The Morgan fingerprint density at radius 1 is 1.57 bits per heavy atom. The summed E-state index contributed by atoms with van der Waals surface area (Å²) in [5.41, 5.74) is -0.0582. The number of nitro benzene ring substituents is 1. The Bertz CT molecular complexity index is 622. The second kappa shape index (κ2) is 7.87. The Kier molecular flexibility index (Phi) is 6.17.